The van der Waals surface area contributed by atoms with E-state index in [2.05, 4.69) is 27.8 Å². The molecule has 1 atom stereocenters. The van der Waals surface area contributed by atoms with Crippen LogP contribution in [0.3, 0.4) is 0 Å². The maximum absolute atomic E-state index is 12.0. The molecule has 2 aromatic carbocycles. The van der Waals surface area contributed by atoms with Crippen LogP contribution in [0.15, 0.2) is 73.3 Å². The summed E-state index contributed by atoms with van der Waals surface area (Å²) in [4.78, 5) is 16.1. The molecule has 3 aromatic rings. The molecular formula is C20H22N4O. The van der Waals surface area contributed by atoms with Crippen molar-refractivity contribution in [2.75, 3.05) is 6.54 Å². The third-order valence-electron chi connectivity index (χ3n) is 4.09. The molecule has 128 valence electrons. The van der Waals surface area contributed by atoms with E-state index in [4.69, 9.17) is 0 Å². The monoisotopic (exact) mass is 334 g/mol. The van der Waals surface area contributed by atoms with Gasteiger partial charge in [-0.1, -0.05) is 42.5 Å². The van der Waals surface area contributed by atoms with Crippen molar-refractivity contribution in [1.29, 1.82) is 0 Å². The van der Waals surface area contributed by atoms with Gasteiger partial charge in [-0.15, -0.1) is 0 Å². The number of urea groups is 1. The molecule has 25 heavy (non-hydrogen) atoms. The minimum Gasteiger partial charge on any atom is -0.338 e. The van der Waals surface area contributed by atoms with Gasteiger partial charge in [0.05, 0.1) is 12.4 Å². The van der Waals surface area contributed by atoms with E-state index in [0.29, 0.717) is 6.54 Å². The van der Waals surface area contributed by atoms with E-state index in [1.165, 1.54) is 5.56 Å². The molecule has 5 heteroatoms. The van der Waals surface area contributed by atoms with Crippen molar-refractivity contribution >= 4 is 6.03 Å². The number of hydrogen-bond donors (Lipinski definition) is 2. The number of benzene rings is 2. The Hall–Kier alpha value is -3.08. The van der Waals surface area contributed by atoms with Gasteiger partial charge < -0.3 is 15.2 Å². The number of carbonyl (C=O) groups is 1. The first-order valence-electron chi connectivity index (χ1n) is 8.39. The van der Waals surface area contributed by atoms with Crippen molar-refractivity contribution in [3.63, 3.8) is 0 Å². The van der Waals surface area contributed by atoms with Crippen molar-refractivity contribution in [3.05, 3.63) is 84.4 Å². The van der Waals surface area contributed by atoms with Crippen LogP contribution in [0.25, 0.3) is 5.69 Å². The summed E-state index contributed by atoms with van der Waals surface area (Å²) in [6.07, 6.45) is 6.23. The van der Waals surface area contributed by atoms with Crippen LogP contribution in [0.1, 0.15) is 24.1 Å². The first-order valence-corrected chi connectivity index (χ1v) is 8.39. The van der Waals surface area contributed by atoms with Crippen molar-refractivity contribution in [2.24, 2.45) is 0 Å². The number of carbonyl (C=O) groups excluding carboxylic acids is 1. The predicted octanol–water partition coefficient (Wildman–Crippen LogP) is 3.48. The maximum Gasteiger partial charge on any atom is 0.315 e. The van der Waals surface area contributed by atoms with Crippen LogP contribution in [0.4, 0.5) is 4.79 Å². The Labute approximate surface area is 147 Å². The van der Waals surface area contributed by atoms with Crippen LogP contribution in [0, 0.1) is 0 Å². The number of rotatable bonds is 6. The van der Waals surface area contributed by atoms with E-state index < -0.39 is 0 Å². The summed E-state index contributed by atoms with van der Waals surface area (Å²) >= 11 is 0. The molecule has 0 unspecified atom stereocenters. The van der Waals surface area contributed by atoms with E-state index >= 15 is 0 Å². The topological polar surface area (TPSA) is 59.0 Å². The summed E-state index contributed by atoms with van der Waals surface area (Å²) < 4.78 is 1.94. The molecule has 0 aliphatic carbocycles. The molecule has 2 N–H and O–H groups in total. The lowest BCUT2D eigenvalue weighted by molar-refractivity contribution is 0.238. The first-order chi connectivity index (χ1) is 12.2. The number of aromatic nitrogens is 2. The van der Waals surface area contributed by atoms with Crippen molar-refractivity contribution < 1.29 is 4.79 Å². The fourth-order valence-corrected chi connectivity index (χ4v) is 2.64. The normalized spacial score (nSPS) is 11.7. The molecule has 2 amide bonds. The molecule has 1 heterocycles. The number of imidazole rings is 1. The molecule has 0 bridgehead atoms. The van der Waals surface area contributed by atoms with Gasteiger partial charge in [0.25, 0.3) is 0 Å². The highest BCUT2D eigenvalue weighted by Crippen LogP contribution is 2.15. The lowest BCUT2D eigenvalue weighted by Gasteiger charge is -2.15. The van der Waals surface area contributed by atoms with Gasteiger partial charge in [0.1, 0.15) is 0 Å². The van der Waals surface area contributed by atoms with Gasteiger partial charge in [0, 0.05) is 24.6 Å². The molecule has 1 aromatic heterocycles. The highest BCUT2D eigenvalue weighted by atomic mass is 16.2. The van der Waals surface area contributed by atoms with Crippen LogP contribution in [-0.4, -0.2) is 22.1 Å². The average Bonchev–Trinajstić information content (AvgIpc) is 3.17. The van der Waals surface area contributed by atoms with Crippen LogP contribution in [-0.2, 0) is 6.42 Å². The van der Waals surface area contributed by atoms with Crippen LogP contribution in [0.5, 0.6) is 0 Å². The van der Waals surface area contributed by atoms with E-state index in [9.17, 15) is 4.79 Å². The van der Waals surface area contributed by atoms with E-state index in [0.717, 1.165) is 17.7 Å². The fraction of sp³-hybridized carbons (Fsp3) is 0.200. The molecule has 3 rings (SSSR count). The Bertz CT molecular complexity index is 782. The Morgan fingerprint density at radius 2 is 1.88 bits per heavy atom. The molecular weight excluding hydrogens is 312 g/mol. The summed E-state index contributed by atoms with van der Waals surface area (Å²) in [6.45, 7) is 2.59. The summed E-state index contributed by atoms with van der Waals surface area (Å²) in [5.74, 6) is 0. The van der Waals surface area contributed by atoms with Crippen molar-refractivity contribution in [3.8, 4) is 5.69 Å². The second-order valence-electron chi connectivity index (χ2n) is 5.92. The number of nitrogens with zero attached hydrogens (tertiary/aromatic N) is 2. The van der Waals surface area contributed by atoms with Crippen LogP contribution < -0.4 is 10.6 Å². The third-order valence-corrected chi connectivity index (χ3v) is 4.09. The second-order valence-corrected chi connectivity index (χ2v) is 5.92. The molecule has 0 saturated heterocycles. The minimum atomic E-state index is -0.151. The summed E-state index contributed by atoms with van der Waals surface area (Å²) in [6, 6.07) is 18.0. The predicted molar refractivity (Wildman–Crippen MR) is 98.7 cm³/mol. The van der Waals surface area contributed by atoms with Gasteiger partial charge in [0.15, 0.2) is 0 Å². The van der Waals surface area contributed by atoms with Gasteiger partial charge in [-0.25, -0.2) is 9.78 Å². The maximum atomic E-state index is 12.0. The summed E-state index contributed by atoms with van der Waals surface area (Å²) in [5.41, 5.74) is 3.31. The van der Waals surface area contributed by atoms with Gasteiger partial charge in [-0.3, -0.25) is 0 Å². The largest absolute Gasteiger partial charge is 0.338 e. The second kappa shape index (κ2) is 8.15. The smallest absolute Gasteiger partial charge is 0.315 e. The minimum absolute atomic E-state index is 0.0615. The fourth-order valence-electron chi connectivity index (χ4n) is 2.64. The SMILES string of the molecule is C[C@H](NC(=O)NCCc1ccccc1)c1ccc(-n2ccnc2)cc1. The molecule has 0 spiro atoms. The van der Waals surface area contributed by atoms with Gasteiger partial charge in [-0.05, 0) is 36.6 Å². The van der Waals surface area contributed by atoms with Gasteiger partial charge in [-0.2, -0.15) is 0 Å². The molecule has 0 aliphatic heterocycles. The Morgan fingerprint density at radius 1 is 1.12 bits per heavy atom. The zero-order valence-corrected chi connectivity index (χ0v) is 14.2. The highest BCUT2D eigenvalue weighted by Gasteiger charge is 2.09. The number of hydrogen-bond acceptors (Lipinski definition) is 2. The quantitative estimate of drug-likeness (QED) is 0.725. The lowest BCUT2D eigenvalue weighted by atomic mass is 10.1. The molecule has 0 aliphatic rings. The van der Waals surface area contributed by atoms with Gasteiger partial charge in [0.2, 0.25) is 0 Å². The van der Waals surface area contributed by atoms with Gasteiger partial charge >= 0.3 is 6.03 Å². The average molecular weight is 334 g/mol. The van der Waals surface area contributed by atoms with E-state index in [1.54, 1.807) is 12.5 Å². The van der Waals surface area contributed by atoms with E-state index in [1.807, 2.05) is 60.2 Å². The molecule has 0 fully saturated rings. The summed E-state index contributed by atoms with van der Waals surface area (Å²) in [7, 11) is 0. The molecule has 0 saturated carbocycles. The first kappa shape index (κ1) is 16.8. The molecule has 0 radical (unpaired) electrons. The lowest BCUT2D eigenvalue weighted by Crippen LogP contribution is -2.38. The Morgan fingerprint density at radius 3 is 2.56 bits per heavy atom. The van der Waals surface area contributed by atoms with Crippen molar-refractivity contribution in [2.45, 2.75) is 19.4 Å². The highest BCUT2D eigenvalue weighted by molar-refractivity contribution is 5.74. The molecule has 5 nitrogen and oxygen atoms in total. The standard InChI is InChI=1S/C20H22N4O/c1-16(18-7-9-19(10-8-18)24-14-13-21-15-24)23-20(25)22-12-11-17-5-3-2-4-6-17/h2-10,13-16H,11-12H2,1H3,(H2,22,23,25)/t16-/m0/s1. The Balaban J connectivity index is 1.48. The number of amides is 2. The summed E-state index contributed by atoms with van der Waals surface area (Å²) in [5, 5.41) is 5.87. The van der Waals surface area contributed by atoms with E-state index in [-0.39, 0.29) is 12.1 Å². The van der Waals surface area contributed by atoms with Crippen LogP contribution in [0.2, 0.25) is 0 Å². The zero-order valence-electron chi connectivity index (χ0n) is 14.2. The number of nitrogens with one attached hydrogen (secondary N) is 2. The van der Waals surface area contributed by atoms with Crippen LogP contribution >= 0.6 is 0 Å². The van der Waals surface area contributed by atoms with Crippen molar-refractivity contribution in [1.82, 2.24) is 20.2 Å². The zero-order chi connectivity index (χ0) is 17.5. The Kier molecular flexibility index (Phi) is 5.46. The third kappa shape index (κ3) is 4.70.